The smallest absolute Gasteiger partial charge is 0.134 e. The Morgan fingerprint density at radius 3 is 2.68 bits per heavy atom. The Bertz CT molecular complexity index is 518. The summed E-state index contributed by atoms with van der Waals surface area (Å²) in [5.41, 5.74) is 8.01. The van der Waals surface area contributed by atoms with Gasteiger partial charge in [0.15, 0.2) is 0 Å². The highest BCUT2D eigenvalue weighted by Gasteiger charge is 2.14. The summed E-state index contributed by atoms with van der Waals surface area (Å²) >= 11 is 0. The molecule has 2 N–H and O–H groups in total. The second-order valence-electron chi connectivity index (χ2n) is 4.93. The van der Waals surface area contributed by atoms with E-state index in [9.17, 15) is 0 Å². The number of hydrogen-bond acceptors (Lipinski definition) is 3. The van der Waals surface area contributed by atoms with Crippen molar-refractivity contribution in [3.05, 3.63) is 35.6 Å². The Labute approximate surface area is 115 Å². The van der Waals surface area contributed by atoms with Gasteiger partial charge in [0, 0.05) is 17.5 Å². The first-order chi connectivity index (χ1) is 9.30. The Hall–Kier alpha value is -1.32. The highest BCUT2D eigenvalue weighted by atomic mass is 16.3. The minimum absolute atomic E-state index is 0.539. The van der Waals surface area contributed by atoms with Gasteiger partial charge >= 0.3 is 0 Å². The topological polar surface area (TPSA) is 42.4 Å². The summed E-state index contributed by atoms with van der Waals surface area (Å²) in [6.45, 7) is 7.98. The van der Waals surface area contributed by atoms with E-state index in [2.05, 4.69) is 24.8 Å². The fraction of sp³-hybridized carbons (Fsp3) is 0.500. The predicted molar refractivity (Wildman–Crippen MR) is 80.0 cm³/mol. The fourth-order valence-electron chi connectivity index (χ4n) is 2.43. The maximum atomic E-state index is 5.98. The van der Waals surface area contributed by atoms with Crippen LogP contribution in [0.3, 0.4) is 0 Å². The fourth-order valence-corrected chi connectivity index (χ4v) is 2.43. The van der Waals surface area contributed by atoms with E-state index in [0.717, 1.165) is 41.9 Å². The number of rotatable bonds is 7. The summed E-state index contributed by atoms with van der Waals surface area (Å²) in [5.74, 6) is 1.03. The molecule has 0 spiro atoms. The minimum atomic E-state index is 0.539. The van der Waals surface area contributed by atoms with Gasteiger partial charge in [-0.2, -0.15) is 0 Å². The van der Waals surface area contributed by atoms with Crippen LogP contribution in [0.25, 0.3) is 11.0 Å². The van der Waals surface area contributed by atoms with Crippen molar-refractivity contribution in [1.29, 1.82) is 0 Å². The zero-order valence-corrected chi connectivity index (χ0v) is 12.0. The average Bonchev–Trinajstić information content (AvgIpc) is 2.80. The van der Waals surface area contributed by atoms with Crippen LogP contribution in [0.1, 0.15) is 38.0 Å². The lowest BCUT2D eigenvalue weighted by atomic mass is 10.1. The summed E-state index contributed by atoms with van der Waals surface area (Å²) in [6, 6.07) is 8.15. The molecular weight excluding hydrogens is 236 g/mol. The predicted octanol–water partition coefficient (Wildman–Crippen LogP) is 3.51. The molecule has 2 rings (SSSR count). The van der Waals surface area contributed by atoms with E-state index in [1.807, 2.05) is 18.2 Å². The first-order valence-corrected chi connectivity index (χ1v) is 7.21. The van der Waals surface area contributed by atoms with E-state index in [4.69, 9.17) is 10.2 Å². The van der Waals surface area contributed by atoms with Gasteiger partial charge in [-0.25, -0.2) is 0 Å². The summed E-state index contributed by atoms with van der Waals surface area (Å²) in [4.78, 5) is 2.42. The Morgan fingerprint density at radius 2 is 2.00 bits per heavy atom. The Balaban J connectivity index is 2.23. The quantitative estimate of drug-likeness (QED) is 0.828. The van der Waals surface area contributed by atoms with Crippen molar-refractivity contribution in [1.82, 2.24) is 4.90 Å². The summed E-state index contributed by atoms with van der Waals surface area (Å²) < 4.78 is 5.98. The largest absolute Gasteiger partial charge is 0.459 e. The molecular formula is C16H24N2O. The molecule has 0 saturated heterocycles. The van der Waals surface area contributed by atoms with Gasteiger partial charge in [-0.3, -0.25) is 4.90 Å². The first kappa shape index (κ1) is 14.1. The summed E-state index contributed by atoms with van der Waals surface area (Å²) in [5, 5.41) is 1.16. The molecule has 0 radical (unpaired) electrons. The Kier molecular flexibility index (Phi) is 5.00. The lowest BCUT2D eigenvalue weighted by molar-refractivity contribution is 0.253. The first-order valence-electron chi connectivity index (χ1n) is 7.21. The third-order valence-corrected chi connectivity index (χ3v) is 3.63. The number of hydrogen-bond donors (Lipinski definition) is 1. The molecule has 0 fully saturated rings. The van der Waals surface area contributed by atoms with Crippen LogP contribution in [0.5, 0.6) is 0 Å². The maximum Gasteiger partial charge on any atom is 0.134 e. The van der Waals surface area contributed by atoms with Crippen molar-refractivity contribution in [3.63, 3.8) is 0 Å². The van der Waals surface area contributed by atoms with Gasteiger partial charge in [0.05, 0.1) is 6.54 Å². The van der Waals surface area contributed by atoms with Crippen LogP contribution in [0.15, 0.2) is 28.7 Å². The second-order valence-corrected chi connectivity index (χ2v) is 4.93. The molecule has 3 heteroatoms. The SMILES string of the molecule is CCCCN(CC)Cc1oc2ccccc2c1CN. The molecule has 2 aromatic rings. The zero-order valence-electron chi connectivity index (χ0n) is 12.0. The molecule has 0 aliphatic rings. The number of fused-ring (bicyclic) bond motifs is 1. The van der Waals surface area contributed by atoms with E-state index in [-0.39, 0.29) is 0 Å². The van der Waals surface area contributed by atoms with E-state index < -0.39 is 0 Å². The molecule has 0 aliphatic heterocycles. The van der Waals surface area contributed by atoms with Crippen molar-refractivity contribution in [2.75, 3.05) is 13.1 Å². The van der Waals surface area contributed by atoms with Crippen molar-refractivity contribution in [2.45, 2.75) is 39.8 Å². The number of benzene rings is 1. The number of para-hydroxylation sites is 1. The third kappa shape index (κ3) is 3.17. The van der Waals surface area contributed by atoms with Crippen molar-refractivity contribution >= 4 is 11.0 Å². The van der Waals surface area contributed by atoms with Crippen LogP contribution in [-0.4, -0.2) is 18.0 Å². The maximum absolute atomic E-state index is 5.98. The molecule has 19 heavy (non-hydrogen) atoms. The molecule has 0 atom stereocenters. The van der Waals surface area contributed by atoms with Crippen LogP contribution in [0.4, 0.5) is 0 Å². The second kappa shape index (κ2) is 6.73. The highest BCUT2D eigenvalue weighted by molar-refractivity contribution is 5.82. The standard InChI is InChI=1S/C16H24N2O/c1-3-5-10-18(4-2)12-16-14(11-17)13-8-6-7-9-15(13)19-16/h6-9H,3-5,10-12,17H2,1-2H3. The van der Waals surface area contributed by atoms with Gasteiger partial charge in [-0.05, 0) is 25.6 Å². The van der Waals surface area contributed by atoms with Gasteiger partial charge < -0.3 is 10.2 Å². The monoisotopic (exact) mass is 260 g/mol. The molecule has 1 aromatic heterocycles. The summed E-state index contributed by atoms with van der Waals surface area (Å²) in [6.07, 6.45) is 2.45. The molecule has 1 aromatic carbocycles. The van der Waals surface area contributed by atoms with Crippen molar-refractivity contribution in [2.24, 2.45) is 5.73 Å². The van der Waals surface area contributed by atoms with Crippen LogP contribution in [-0.2, 0) is 13.1 Å². The number of nitrogens with zero attached hydrogens (tertiary/aromatic N) is 1. The molecule has 0 bridgehead atoms. The van der Waals surface area contributed by atoms with Gasteiger partial charge in [-0.1, -0.05) is 38.5 Å². The van der Waals surface area contributed by atoms with Crippen molar-refractivity contribution < 1.29 is 4.42 Å². The Morgan fingerprint density at radius 1 is 1.21 bits per heavy atom. The normalized spacial score (nSPS) is 11.6. The molecule has 104 valence electrons. The molecule has 3 nitrogen and oxygen atoms in total. The van der Waals surface area contributed by atoms with Gasteiger partial charge in [0.25, 0.3) is 0 Å². The van der Waals surface area contributed by atoms with Gasteiger partial charge in [0.1, 0.15) is 11.3 Å². The molecule has 0 amide bonds. The number of unbranched alkanes of at least 4 members (excludes halogenated alkanes) is 1. The van der Waals surface area contributed by atoms with Crippen molar-refractivity contribution in [3.8, 4) is 0 Å². The lowest BCUT2D eigenvalue weighted by Crippen LogP contribution is -2.24. The molecule has 1 heterocycles. The molecule has 0 saturated carbocycles. The van der Waals surface area contributed by atoms with Crippen LogP contribution in [0, 0.1) is 0 Å². The van der Waals surface area contributed by atoms with Gasteiger partial charge in [-0.15, -0.1) is 0 Å². The number of furan rings is 1. The summed E-state index contributed by atoms with van der Waals surface area (Å²) in [7, 11) is 0. The van der Waals surface area contributed by atoms with Gasteiger partial charge in [0.2, 0.25) is 0 Å². The van der Waals surface area contributed by atoms with E-state index in [0.29, 0.717) is 6.54 Å². The van der Waals surface area contributed by atoms with Crippen LogP contribution >= 0.6 is 0 Å². The van der Waals surface area contributed by atoms with E-state index in [1.54, 1.807) is 0 Å². The third-order valence-electron chi connectivity index (χ3n) is 3.63. The zero-order chi connectivity index (χ0) is 13.7. The van der Waals surface area contributed by atoms with E-state index in [1.165, 1.54) is 12.8 Å². The molecule has 0 unspecified atom stereocenters. The number of nitrogens with two attached hydrogens (primary N) is 1. The lowest BCUT2D eigenvalue weighted by Gasteiger charge is -2.19. The minimum Gasteiger partial charge on any atom is -0.459 e. The highest BCUT2D eigenvalue weighted by Crippen LogP contribution is 2.26. The van der Waals surface area contributed by atoms with Crippen LogP contribution < -0.4 is 5.73 Å². The van der Waals surface area contributed by atoms with Crippen LogP contribution in [0.2, 0.25) is 0 Å². The molecule has 0 aliphatic carbocycles. The average molecular weight is 260 g/mol. The van der Waals surface area contributed by atoms with E-state index >= 15 is 0 Å².